The van der Waals surface area contributed by atoms with E-state index in [1.165, 1.54) is 73.3 Å². The lowest BCUT2D eigenvalue weighted by atomic mass is 9.84. The van der Waals surface area contributed by atoms with Crippen LogP contribution in [-0.2, 0) is 12.8 Å². The first-order valence-electron chi connectivity index (χ1n) is 11.2. The highest BCUT2D eigenvalue weighted by Crippen LogP contribution is 2.35. The van der Waals surface area contributed by atoms with Gasteiger partial charge in [-0.15, -0.1) is 12.4 Å². The van der Waals surface area contributed by atoms with Crippen molar-refractivity contribution in [1.29, 1.82) is 0 Å². The van der Waals surface area contributed by atoms with Crippen LogP contribution in [0.5, 0.6) is 0 Å². The van der Waals surface area contributed by atoms with Crippen molar-refractivity contribution in [2.45, 2.75) is 77.7 Å². The van der Waals surface area contributed by atoms with E-state index in [2.05, 4.69) is 49.1 Å². The Bertz CT molecular complexity index is 722. The van der Waals surface area contributed by atoms with Crippen LogP contribution in [0.2, 0.25) is 0 Å². The number of nitrogens with zero attached hydrogens (tertiary/aromatic N) is 1. The molecule has 0 amide bonds. The van der Waals surface area contributed by atoms with Gasteiger partial charge in [-0.1, -0.05) is 57.0 Å². The highest BCUT2D eigenvalue weighted by molar-refractivity contribution is 5.90. The summed E-state index contributed by atoms with van der Waals surface area (Å²) < 4.78 is 0. The van der Waals surface area contributed by atoms with E-state index in [0.717, 1.165) is 31.6 Å². The summed E-state index contributed by atoms with van der Waals surface area (Å²) in [6.07, 6.45) is 10.4. The van der Waals surface area contributed by atoms with Gasteiger partial charge in [0.2, 0.25) is 0 Å². The van der Waals surface area contributed by atoms with E-state index in [-0.39, 0.29) is 18.5 Å². The zero-order valence-electron chi connectivity index (χ0n) is 17.8. The Morgan fingerprint density at radius 1 is 0.929 bits per heavy atom. The quantitative estimate of drug-likeness (QED) is 0.491. The van der Waals surface area contributed by atoms with Gasteiger partial charge in [0.1, 0.15) is 0 Å². The minimum absolute atomic E-state index is 0. The Morgan fingerprint density at radius 3 is 2.25 bits per heavy atom. The van der Waals surface area contributed by atoms with Gasteiger partial charge in [-0.25, -0.2) is 0 Å². The number of hydrogen-bond acceptors (Lipinski definition) is 2. The molecule has 2 aromatic rings. The summed E-state index contributed by atoms with van der Waals surface area (Å²) in [5.74, 6) is 0. The number of aliphatic hydroxyl groups is 1. The van der Waals surface area contributed by atoms with Crippen LogP contribution >= 0.6 is 12.4 Å². The van der Waals surface area contributed by atoms with Crippen molar-refractivity contribution in [2.24, 2.45) is 0 Å². The Balaban J connectivity index is 0.00000280. The maximum atomic E-state index is 11.1. The molecule has 0 heterocycles. The number of aryl methyl sites for hydroxylation is 2. The van der Waals surface area contributed by atoms with E-state index in [1.54, 1.807) is 0 Å². The van der Waals surface area contributed by atoms with Gasteiger partial charge in [0.15, 0.2) is 0 Å². The molecule has 1 unspecified atom stereocenters. The average molecular weight is 404 g/mol. The molecular formula is C25H38ClNO. The second-order valence-corrected chi connectivity index (χ2v) is 8.21. The normalized spacial score (nSPS) is 14.7. The highest BCUT2D eigenvalue weighted by Gasteiger charge is 2.19. The first-order chi connectivity index (χ1) is 13.2. The molecule has 1 aliphatic rings. The fourth-order valence-corrected chi connectivity index (χ4v) is 4.49. The predicted molar refractivity (Wildman–Crippen MR) is 124 cm³/mol. The van der Waals surface area contributed by atoms with E-state index >= 15 is 0 Å². The van der Waals surface area contributed by atoms with Gasteiger partial charge in [0, 0.05) is 6.54 Å². The molecule has 0 fully saturated rings. The number of benzene rings is 2. The SMILES string of the molecule is CCCCN(CCCC)CCC(O)c1cc2c(c3ccccc13)CCCC2.Cl. The Morgan fingerprint density at radius 2 is 1.57 bits per heavy atom. The van der Waals surface area contributed by atoms with E-state index in [0.29, 0.717) is 0 Å². The lowest BCUT2D eigenvalue weighted by molar-refractivity contribution is 0.141. The fraction of sp³-hybridized carbons (Fsp3) is 0.600. The van der Waals surface area contributed by atoms with Crippen LogP contribution in [-0.4, -0.2) is 29.6 Å². The van der Waals surface area contributed by atoms with Crippen LogP contribution in [0.4, 0.5) is 0 Å². The molecule has 0 radical (unpaired) electrons. The van der Waals surface area contributed by atoms with E-state index in [9.17, 15) is 5.11 Å². The number of unbranched alkanes of at least 4 members (excludes halogenated alkanes) is 2. The van der Waals surface area contributed by atoms with Crippen LogP contribution in [0.3, 0.4) is 0 Å². The topological polar surface area (TPSA) is 23.5 Å². The van der Waals surface area contributed by atoms with Gasteiger partial charge >= 0.3 is 0 Å². The number of aliphatic hydroxyl groups excluding tert-OH is 1. The zero-order valence-corrected chi connectivity index (χ0v) is 18.6. The maximum absolute atomic E-state index is 11.1. The molecule has 0 aromatic heterocycles. The monoisotopic (exact) mass is 403 g/mol. The molecule has 3 rings (SSSR count). The Kier molecular flexibility index (Phi) is 9.77. The van der Waals surface area contributed by atoms with Crippen LogP contribution < -0.4 is 0 Å². The van der Waals surface area contributed by atoms with Crippen LogP contribution in [0.1, 0.15) is 81.6 Å². The van der Waals surface area contributed by atoms with Crippen LogP contribution in [0.15, 0.2) is 30.3 Å². The average Bonchev–Trinajstić information content (AvgIpc) is 2.72. The molecular weight excluding hydrogens is 366 g/mol. The van der Waals surface area contributed by atoms with E-state index < -0.39 is 0 Å². The predicted octanol–water partition coefficient (Wildman–Crippen LogP) is 6.47. The van der Waals surface area contributed by atoms with Crippen molar-refractivity contribution < 1.29 is 5.11 Å². The first-order valence-corrected chi connectivity index (χ1v) is 11.2. The lowest BCUT2D eigenvalue weighted by Gasteiger charge is -2.25. The van der Waals surface area contributed by atoms with Gasteiger partial charge in [0.05, 0.1) is 6.10 Å². The molecule has 3 heteroatoms. The number of rotatable bonds is 10. The standard InChI is InChI=1S/C25H37NO.ClH/c1-3-5-16-26(17-6-4-2)18-15-25(27)24-19-20-11-7-8-12-21(20)22-13-9-10-14-23(22)24;/h9-10,13-14,19,25,27H,3-8,11-12,15-18H2,1-2H3;1H. The fourth-order valence-electron chi connectivity index (χ4n) is 4.49. The molecule has 1 N–H and O–H groups in total. The Labute approximate surface area is 177 Å². The molecule has 28 heavy (non-hydrogen) atoms. The number of fused-ring (bicyclic) bond motifs is 3. The molecule has 0 aliphatic heterocycles. The second-order valence-electron chi connectivity index (χ2n) is 8.21. The third-order valence-corrected chi connectivity index (χ3v) is 6.14. The number of hydrogen-bond donors (Lipinski definition) is 1. The minimum atomic E-state index is -0.368. The largest absolute Gasteiger partial charge is 0.388 e. The minimum Gasteiger partial charge on any atom is -0.388 e. The smallest absolute Gasteiger partial charge is 0.0808 e. The lowest BCUT2D eigenvalue weighted by Crippen LogP contribution is -2.28. The van der Waals surface area contributed by atoms with Crippen molar-refractivity contribution in [3.63, 3.8) is 0 Å². The molecule has 2 nitrogen and oxygen atoms in total. The third kappa shape index (κ3) is 5.72. The van der Waals surface area contributed by atoms with E-state index in [1.807, 2.05) is 0 Å². The van der Waals surface area contributed by atoms with Gasteiger partial charge in [-0.2, -0.15) is 0 Å². The van der Waals surface area contributed by atoms with Crippen molar-refractivity contribution in [2.75, 3.05) is 19.6 Å². The first kappa shape index (κ1) is 23.2. The molecule has 0 bridgehead atoms. The number of halogens is 1. The van der Waals surface area contributed by atoms with Crippen LogP contribution in [0.25, 0.3) is 10.8 Å². The summed E-state index contributed by atoms with van der Waals surface area (Å²) in [5.41, 5.74) is 4.15. The van der Waals surface area contributed by atoms with Crippen LogP contribution in [0, 0.1) is 0 Å². The molecule has 0 saturated carbocycles. The van der Waals surface area contributed by atoms with Crippen molar-refractivity contribution in [3.05, 3.63) is 47.0 Å². The summed E-state index contributed by atoms with van der Waals surface area (Å²) in [6, 6.07) is 11.0. The second kappa shape index (κ2) is 11.8. The van der Waals surface area contributed by atoms with E-state index in [4.69, 9.17) is 0 Å². The summed E-state index contributed by atoms with van der Waals surface area (Å²) in [7, 11) is 0. The zero-order chi connectivity index (χ0) is 19.1. The molecule has 2 aromatic carbocycles. The van der Waals surface area contributed by atoms with Gasteiger partial charge in [-0.05, 0) is 85.5 Å². The molecule has 1 atom stereocenters. The van der Waals surface area contributed by atoms with Gasteiger partial charge < -0.3 is 10.0 Å². The maximum Gasteiger partial charge on any atom is 0.0808 e. The molecule has 1 aliphatic carbocycles. The van der Waals surface area contributed by atoms with Gasteiger partial charge in [-0.3, -0.25) is 0 Å². The molecule has 156 valence electrons. The third-order valence-electron chi connectivity index (χ3n) is 6.14. The van der Waals surface area contributed by atoms with Crippen molar-refractivity contribution in [1.82, 2.24) is 4.90 Å². The highest BCUT2D eigenvalue weighted by atomic mass is 35.5. The summed E-state index contributed by atoms with van der Waals surface area (Å²) >= 11 is 0. The summed E-state index contributed by atoms with van der Waals surface area (Å²) in [4.78, 5) is 2.55. The summed E-state index contributed by atoms with van der Waals surface area (Å²) in [6.45, 7) is 7.83. The molecule has 0 spiro atoms. The van der Waals surface area contributed by atoms with Gasteiger partial charge in [0.25, 0.3) is 0 Å². The Hall–Kier alpha value is -1.09. The van der Waals surface area contributed by atoms with Crippen molar-refractivity contribution in [3.8, 4) is 0 Å². The molecule has 0 saturated heterocycles. The van der Waals surface area contributed by atoms with Crippen molar-refractivity contribution >= 4 is 23.2 Å². The summed E-state index contributed by atoms with van der Waals surface area (Å²) in [5, 5.41) is 13.7.